The Hall–Kier alpha value is -2.61. The number of allylic oxidation sites excluding steroid dienone is 1. The minimum absolute atomic E-state index is 0.0935. The SMILES string of the molecule is COc1cc(C(C)=C(C)C(=O)OC(C)(C)[C@@H]2O[C@@H](O[C@@H]3[C@@H](O)[C@H](O[C@@H]4CO[C@@H](O)[C@H](O)[C@H]4O)OC[C@H]3O[C@@H]3OC[C@@H](O)[C@H](O)[C@H]3O)[C@H](O)[C@H]2O)ccc1O. The summed E-state index contributed by atoms with van der Waals surface area (Å²) < 4.78 is 50.3. The fourth-order valence-electron chi connectivity index (χ4n) is 6.45. The van der Waals surface area contributed by atoms with Crippen LogP contribution in [0.15, 0.2) is 23.8 Å². The van der Waals surface area contributed by atoms with Gasteiger partial charge in [0, 0.05) is 5.57 Å². The van der Waals surface area contributed by atoms with Crippen molar-refractivity contribution in [1.82, 2.24) is 0 Å². The summed E-state index contributed by atoms with van der Waals surface area (Å²) in [7, 11) is 1.38. The summed E-state index contributed by atoms with van der Waals surface area (Å²) in [5.41, 5.74) is -0.387. The van der Waals surface area contributed by atoms with Crippen LogP contribution in [0.4, 0.5) is 0 Å². The first-order valence-corrected chi connectivity index (χ1v) is 17.2. The van der Waals surface area contributed by atoms with Crippen LogP contribution >= 0.6 is 0 Å². The lowest BCUT2D eigenvalue weighted by atomic mass is 9.95. The third-order valence-corrected chi connectivity index (χ3v) is 9.97. The molecule has 0 aromatic heterocycles. The molecular formula is C34H50O20. The maximum absolute atomic E-state index is 13.4. The van der Waals surface area contributed by atoms with Crippen LogP contribution in [0, 0.1) is 0 Å². The van der Waals surface area contributed by atoms with Gasteiger partial charge >= 0.3 is 5.97 Å². The number of benzene rings is 1. The Labute approximate surface area is 309 Å². The number of aromatic hydroxyl groups is 1. The molecule has 20 heteroatoms. The second-order valence-corrected chi connectivity index (χ2v) is 14.1. The summed E-state index contributed by atoms with van der Waals surface area (Å²) in [5, 5.41) is 104. The smallest absolute Gasteiger partial charge is 0.334 e. The Morgan fingerprint density at radius 3 is 2.02 bits per heavy atom. The van der Waals surface area contributed by atoms with Gasteiger partial charge < -0.3 is 93.7 Å². The van der Waals surface area contributed by atoms with E-state index >= 15 is 0 Å². The molecule has 0 amide bonds. The van der Waals surface area contributed by atoms with Crippen LogP contribution in [0.1, 0.15) is 33.3 Å². The second-order valence-electron chi connectivity index (χ2n) is 14.1. The average Bonchev–Trinajstić information content (AvgIpc) is 3.43. The minimum Gasteiger partial charge on any atom is -0.504 e. The molecule has 54 heavy (non-hydrogen) atoms. The average molecular weight is 779 g/mol. The lowest BCUT2D eigenvalue weighted by molar-refractivity contribution is -0.362. The van der Waals surface area contributed by atoms with E-state index in [1.807, 2.05) is 0 Å². The number of hydrogen-bond acceptors (Lipinski definition) is 20. The van der Waals surface area contributed by atoms with E-state index in [0.717, 1.165) is 0 Å². The zero-order valence-electron chi connectivity index (χ0n) is 30.1. The molecule has 16 atom stereocenters. The molecule has 0 unspecified atom stereocenters. The topological polar surface area (TPSA) is 302 Å². The molecule has 1 aromatic rings. The Morgan fingerprint density at radius 1 is 0.722 bits per heavy atom. The van der Waals surface area contributed by atoms with Gasteiger partial charge in [0.25, 0.3) is 0 Å². The standard InChI is InChI=1S/C34H50O20/c1-12(14-6-7-15(35)17(8-14)46-5)13(2)29(44)54-34(3,4)28-22(39)25(42)33(53-28)52-27-19(51-31-24(41)20(37)16(36)9-48-31)11-49-32(26(27)43)50-18-10-47-30(45)23(40)21(18)38/h6-8,16,18-28,30-33,35-43,45H,9-11H2,1-5H3/t16-,18-,19-,20+,21+,22-,23-,24-,25-,26-,27+,28-,30-,31+,32+,33-/m1/s1. The lowest BCUT2D eigenvalue weighted by Gasteiger charge is -2.45. The normalized spacial score (nSPS) is 40.9. The number of phenols is 1. The van der Waals surface area contributed by atoms with Gasteiger partial charge in [-0.05, 0) is 51.0 Å². The fourth-order valence-corrected chi connectivity index (χ4v) is 6.45. The number of carbonyl (C=O) groups is 1. The number of esters is 1. The molecule has 4 fully saturated rings. The van der Waals surface area contributed by atoms with Gasteiger partial charge in [-0.25, -0.2) is 4.79 Å². The molecule has 0 radical (unpaired) electrons. The lowest BCUT2D eigenvalue weighted by Crippen LogP contribution is -2.62. The van der Waals surface area contributed by atoms with E-state index in [1.54, 1.807) is 13.0 Å². The number of aliphatic hydroxyl groups excluding tert-OH is 9. The monoisotopic (exact) mass is 778 g/mol. The largest absolute Gasteiger partial charge is 0.504 e. The molecule has 20 nitrogen and oxygen atoms in total. The van der Waals surface area contributed by atoms with Gasteiger partial charge in [0.15, 0.2) is 36.7 Å². The van der Waals surface area contributed by atoms with E-state index in [2.05, 4.69) is 0 Å². The molecule has 0 saturated carbocycles. The Morgan fingerprint density at radius 2 is 1.33 bits per heavy atom. The third kappa shape index (κ3) is 8.84. The van der Waals surface area contributed by atoms with E-state index in [-0.39, 0.29) is 17.1 Å². The molecule has 0 aliphatic carbocycles. The first kappa shape index (κ1) is 42.5. The zero-order chi connectivity index (χ0) is 39.8. The maximum Gasteiger partial charge on any atom is 0.334 e. The predicted octanol–water partition coefficient (Wildman–Crippen LogP) is -3.66. The molecule has 10 N–H and O–H groups in total. The molecule has 1 aromatic carbocycles. The van der Waals surface area contributed by atoms with E-state index in [9.17, 15) is 55.9 Å². The molecule has 4 heterocycles. The van der Waals surface area contributed by atoms with Crippen LogP contribution in [0.25, 0.3) is 5.57 Å². The molecule has 4 aliphatic rings. The molecule has 4 aliphatic heterocycles. The van der Waals surface area contributed by atoms with Gasteiger partial charge in [-0.3, -0.25) is 0 Å². The van der Waals surface area contributed by atoms with E-state index in [0.29, 0.717) is 11.1 Å². The zero-order valence-corrected chi connectivity index (χ0v) is 30.1. The molecule has 4 saturated heterocycles. The first-order valence-electron chi connectivity index (χ1n) is 17.2. The van der Waals surface area contributed by atoms with Crippen molar-refractivity contribution in [3.63, 3.8) is 0 Å². The van der Waals surface area contributed by atoms with Gasteiger partial charge in [-0.1, -0.05) is 6.07 Å². The summed E-state index contributed by atoms with van der Waals surface area (Å²) in [5.74, 6) is -0.699. The van der Waals surface area contributed by atoms with Crippen molar-refractivity contribution in [2.24, 2.45) is 0 Å². The van der Waals surface area contributed by atoms with Crippen LogP contribution in [-0.4, -0.2) is 188 Å². The number of hydrogen-bond donors (Lipinski definition) is 10. The maximum atomic E-state index is 13.4. The van der Waals surface area contributed by atoms with Crippen molar-refractivity contribution in [3.05, 3.63) is 29.3 Å². The van der Waals surface area contributed by atoms with Crippen molar-refractivity contribution < 1.29 is 98.5 Å². The number of ether oxygens (including phenoxy) is 9. The van der Waals surface area contributed by atoms with Crippen LogP contribution in [0.3, 0.4) is 0 Å². The van der Waals surface area contributed by atoms with Crippen LogP contribution in [-0.2, 0) is 42.7 Å². The molecule has 306 valence electrons. The number of carbonyl (C=O) groups excluding carboxylic acids is 1. The summed E-state index contributed by atoms with van der Waals surface area (Å²) in [4.78, 5) is 13.4. The number of methoxy groups -OCH3 is 1. The van der Waals surface area contributed by atoms with Crippen molar-refractivity contribution in [1.29, 1.82) is 0 Å². The van der Waals surface area contributed by atoms with Crippen molar-refractivity contribution in [2.75, 3.05) is 26.9 Å². The number of rotatable bonds is 11. The molecule has 0 bridgehead atoms. The van der Waals surface area contributed by atoms with Crippen molar-refractivity contribution in [2.45, 2.75) is 132 Å². The summed E-state index contributed by atoms with van der Waals surface area (Å²) in [6, 6.07) is 4.53. The van der Waals surface area contributed by atoms with Gasteiger partial charge in [-0.2, -0.15) is 0 Å². The first-order chi connectivity index (χ1) is 25.4. The Bertz CT molecular complexity index is 1470. The van der Waals surface area contributed by atoms with Crippen LogP contribution in [0.5, 0.6) is 11.5 Å². The molecular weight excluding hydrogens is 728 g/mol. The summed E-state index contributed by atoms with van der Waals surface area (Å²) in [6.45, 7) is 4.73. The quantitative estimate of drug-likeness (QED) is 0.0765. The van der Waals surface area contributed by atoms with Crippen LogP contribution in [0.2, 0.25) is 0 Å². The molecule has 0 spiro atoms. The fraction of sp³-hybridized carbons (Fsp3) is 0.735. The van der Waals surface area contributed by atoms with E-state index < -0.39 is 130 Å². The van der Waals surface area contributed by atoms with Crippen LogP contribution < -0.4 is 4.74 Å². The van der Waals surface area contributed by atoms with E-state index in [4.69, 9.17) is 42.6 Å². The van der Waals surface area contributed by atoms with Crippen molar-refractivity contribution in [3.8, 4) is 11.5 Å². The second kappa shape index (κ2) is 17.3. The highest BCUT2D eigenvalue weighted by atomic mass is 16.8. The third-order valence-electron chi connectivity index (χ3n) is 9.97. The van der Waals surface area contributed by atoms with Gasteiger partial charge in [0.1, 0.15) is 78.8 Å². The highest BCUT2D eigenvalue weighted by molar-refractivity contribution is 5.97. The minimum atomic E-state index is -1.84. The highest BCUT2D eigenvalue weighted by Gasteiger charge is 2.55. The Balaban J connectivity index is 1.32. The number of phenolic OH excluding ortho intramolecular Hbond substituents is 1. The van der Waals surface area contributed by atoms with Gasteiger partial charge in [0.05, 0.1) is 26.9 Å². The number of aliphatic hydroxyl groups is 9. The summed E-state index contributed by atoms with van der Waals surface area (Å²) >= 11 is 0. The van der Waals surface area contributed by atoms with E-state index in [1.165, 1.54) is 40.0 Å². The van der Waals surface area contributed by atoms with Crippen molar-refractivity contribution >= 4 is 11.5 Å². The highest BCUT2D eigenvalue weighted by Crippen LogP contribution is 2.37. The molecule has 5 rings (SSSR count). The Kier molecular flexibility index (Phi) is 13.6. The van der Waals surface area contributed by atoms with Gasteiger partial charge in [0.2, 0.25) is 0 Å². The summed E-state index contributed by atoms with van der Waals surface area (Å²) in [6.07, 6.45) is -25.9. The predicted molar refractivity (Wildman–Crippen MR) is 176 cm³/mol. The van der Waals surface area contributed by atoms with Gasteiger partial charge in [-0.15, -0.1) is 0 Å².